The van der Waals surface area contributed by atoms with E-state index in [1.807, 2.05) is 25.1 Å². The molecule has 92 valence electrons. The van der Waals surface area contributed by atoms with E-state index >= 15 is 0 Å². The largest absolute Gasteiger partial charge is 0.379 e. The van der Waals surface area contributed by atoms with E-state index in [-0.39, 0.29) is 5.91 Å². The van der Waals surface area contributed by atoms with Crippen LogP contribution in [0.5, 0.6) is 0 Å². The molecular formula is C13H18N2O2. The van der Waals surface area contributed by atoms with Crippen molar-refractivity contribution in [2.75, 3.05) is 19.8 Å². The van der Waals surface area contributed by atoms with Crippen molar-refractivity contribution in [1.29, 1.82) is 0 Å². The third-order valence-electron chi connectivity index (χ3n) is 3.16. The quantitative estimate of drug-likeness (QED) is 0.801. The third kappa shape index (κ3) is 2.48. The maximum Gasteiger partial charge on any atom is 0.232 e. The molecule has 0 radical (unpaired) electrons. The summed E-state index contributed by atoms with van der Waals surface area (Å²) in [6, 6.07) is 8.08. The van der Waals surface area contributed by atoms with Crippen LogP contribution in [0.1, 0.15) is 11.1 Å². The Morgan fingerprint density at radius 3 is 2.82 bits per heavy atom. The van der Waals surface area contributed by atoms with Gasteiger partial charge in [-0.1, -0.05) is 29.8 Å². The van der Waals surface area contributed by atoms with E-state index < -0.39 is 5.41 Å². The van der Waals surface area contributed by atoms with Gasteiger partial charge in [0, 0.05) is 13.1 Å². The molecule has 0 unspecified atom stereocenters. The van der Waals surface area contributed by atoms with Crippen molar-refractivity contribution in [3.05, 3.63) is 35.4 Å². The zero-order valence-corrected chi connectivity index (χ0v) is 10.0. The van der Waals surface area contributed by atoms with Crippen molar-refractivity contribution in [2.45, 2.75) is 13.5 Å². The number of aryl methyl sites for hydroxylation is 1. The molecule has 2 rings (SSSR count). The van der Waals surface area contributed by atoms with E-state index in [2.05, 4.69) is 11.4 Å². The molecule has 0 aliphatic carbocycles. The number of carbonyl (C=O) groups is 1. The van der Waals surface area contributed by atoms with E-state index in [9.17, 15) is 4.79 Å². The molecule has 1 amide bonds. The average Bonchev–Trinajstić information content (AvgIpc) is 2.26. The van der Waals surface area contributed by atoms with E-state index in [1.165, 1.54) is 5.56 Å². The number of nitrogens with one attached hydrogen (secondary N) is 1. The summed E-state index contributed by atoms with van der Waals surface area (Å²) >= 11 is 0. The Morgan fingerprint density at radius 1 is 1.53 bits per heavy atom. The lowest BCUT2D eigenvalue weighted by atomic mass is 9.85. The molecule has 4 heteroatoms. The van der Waals surface area contributed by atoms with Gasteiger partial charge in [0.25, 0.3) is 0 Å². The topological polar surface area (TPSA) is 64.4 Å². The molecule has 1 aliphatic rings. The van der Waals surface area contributed by atoms with Crippen molar-refractivity contribution < 1.29 is 9.53 Å². The van der Waals surface area contributed by atoms with Crippen molar-refractivity contribution in [3.8, 4) is 0 Å². The van der Waals surface area contributed by atoms with Crippen LogP contribution in [0.3, 0.4) is 0 Å². The summed E-state index contributed by atoms with van der Waals surface area (Å²) in [6.07, 6.45) is 0. The Kier molecular flexibility index (Phi) is 3.45. The first-order valence-electron chi connectivity index (χ1n) is 5.78. The second-order valence-electron chi connectivity index (χ2n) is 4.65. The number of hydrogen-bond donors (Lipinski definition) is 2. The Hall–Kier alpha value is -1.39. The Balaban J connectivity index is 1.92. The van der Waals surface area contributed by atoms with Crippen LogP contribution in [0.2, 0.25) is 0 Å². The van der Waals surface area contributed by atoms with Crippen LogP contribution in [0.15, 0.2) is 24.3 Å². The van der Waals surface area contributed by atoms with Crippen molar-refractivity contribution in [2.24, 2.45) is 11.1 Å². The molecule has 1 aromatic rings. The fourth-order valence-corrected chi connectivity index (χ4v) is 1.88. The summed E-state index contributed by atoms with van der Waals surface area (Å²) in [5, 5.41) is 2.92. The Morgan fingerprint density at radius 2 is 2.29 bits per heavy atom. The third-order valence-corrected chi connectivity index (χ3v) is 3.16. The van der Waals surface area contributed by atoms with Crippen LogP contribution < -0.4 is 11.1 Å². The minimum atomic E-state index is -0.496. The highest BCUT2D eigenvalue weighted by atomic mass is 16.5. The van der Waals surface area contributed by atoms with Crippen LogP contribution in [0.4, 0.5) is 0 Å². The second kappa shape index (κ2) is 4.85. The summed E-state index contributed by atoms with van der Waals surface area (Å²) in [5.41, 5.74) is 7.42. The highest BCUT2D eigenvalue weighted by Gasteiger charge is 2.44. The van der Waals surface area contributed by atoms with E-state index in [1.54, 1.807) is 0 Å². The predicted molar refractivity (Wildman–Crippen MR) is 65.3 cm³/mol. The van der Waals surface area contributed by atoms with Crippen molar-refractivity contribution in [3.63, 3.8) is 0 Å². The molecular weight excluding hydrogens is 216 g/mol. The minimum absolute atomic E-state index is 0.00671. The van der Waals surface area contributed by atoms with Gasteiger partial charge >= 0.3 is 0 Å². The summed E-state index contributed by atoms with van der Waals surface area (Å²) in [7, 11) is 0. The average molecular weight is 234 g/mol. The zero-order chi connectivity index (χ0) is 12.3. The number of ether oxygens (including phenoxy) is 1. The molecule has 0 aromatic heterocycles. The van der Waals surface area contributed by atoms with Crippen LogP contribution in [-0.2, 0) is 16.1 Å². The molecule has 0 bridgehead atoms. The number of nitrogens with two attached hydrogens (primary N) is 1. The normalized spacial score (nSPS) is 17.3. The molecule has 0 atom stereocenters. The van der Waals surface area contributed by atoms with Gasteiger partial charge < -0.3 is 15.8 Å². The van der Waals surface area contributed by atoms with Gasteiger partial charge in [-0.2, -0.15) is 0 Å². The zero-order valence-electron chi connectivity index (χ0n) is 10.0. The van der Waals surface area contributed by atoms with E-state index in [0.717, 1.165) is 5.56 Å². The van der Waals surface area contributed by atoms with Gasteiger partial charge in [-0.05, 0) is 12.5 Å². The fraction of sp³-hybridized carbons (Fsp3) is 0.462. The highest BCUT2D eigenvalue weighted by Crippen LogP contribution is 2.26. The molecule has 0 spiro atoms. The van der Waals surface area contributed by atoms with E-state index in [0.29, 0.717) is 26.3 Å². The molecule has 17 heavy (non-hydrogen) atoms. The van der Waals surface area contributed by atoms with Gasteiger partial charge in [-0.3, -0.25) is 4.79 Å². The lowest BCUT2D eigenvalue weighted by Crippen LogP contribution is -2.58. The smallest absolute Gasteiger partial charge is 0.232 e. The molecule has 0 saturated carbocycles. The minimum Gasteiger partial charge on any atom is -0.379 e. The van der Waals surface area contributed by atoms with Gasteiger partial charge in [-0.25, -0.2) is 0 Å². The first-order valence-corrected chi connectivity index (χ1v) is 5.78. The van der Waals surface area contributed by atoms with Gasteiger partial charge in [0.2, 0.25) is 5.91 Å². The summed E-state index contributed by atoms with van der Waals surface area (Å²) < 4.78 is 5.08. The van der Waals surface area contributed by atoms with Gasteiger partial charge in [0.1, 0.15) is 5.41 Å². The van der Waals surface area contributed by atoms with Gasteiger partial charge in [0.05, 0.1) is 13.2 Å². The van der Waals surface area contributed by atoms with Crippen LogP contribution in [0, 0.1) is 12.3 Å². The standard InChI is InChI=1S/C13H18N2O2/c1-10-3-2-4-11(5-10)6-15-12(16)13(7-14)8-17-9-13/h2-5H,6-9,14H2,1H3,(H,15,16). The number of rotatable bonds is 4. The highest BCUT2D eigenvalue weighted by molar-refractivity contribution is 5.84. The van der Waals surface area contributed by atoms with Crippen molar-refractivity contribution >= 4 is 5.91 Å². The molecule has 1 fully saturated rings. The number of amides is 1. The fourth-order valence-electron chi connectivity index (χ4n) is 1.88. The number of hydrogen-bond acceptors (Lipinski definition) is 3. The number of carbonyl (C=O) groups excluding carboxylic acids is 1. The molecule has 3 N–H and O–H groups in total. The van der Waals surface area contributed by atoms with Gasteiger partial charge in [0.15, 0.2) is 0 Å². The molecule has 1 heterocycles. The Labute approximate surface area is 101 Å². The van der Waals surface area contributed by atoms with Crippen molar-refractivity contribution in [1.82, 2.24) is 5.32 Å². The first-order chi connectivity index (χ1) is 8.16. The van der Waals surface area contributed by atoms with Gasteiger partial charge in [-0.15, -0.1) is 0 Å². The molecule has 4 nitrogen and oxygen atoms in total. The van der Waals surface area contributed by atoms with E-state index in [4.69, 9.17) is 10.5 Å². The maximum absolute atomic E-state index is 12.0. The Bertz CT molecular complexity index is 408. The lowest BCUT2D eigenvalue weighted by molar-refractivity contribution is -0.159. The number of benzene rings is 1. The second-order valence-corrected chi connectivity index (χ2v) is 4.65. The summed E-state index contributed by atoms with van der Waals surface area (Å²) in [4.78, 5) is 12.0. The molecule has 1 saturated heterocycles. The predicted octanol–water partition coefficient (Wildman–Crippen LogP) is 0.587. The summed E-state index contributed by atoms with van der Waals surface area (Å²) in [6.45, 7) is 3.79. The molecule has 1 aromatic carbocycles. The van der Waals surface area contributed by atoms with Crippen LogP contribution in [-0.4, -0.2) is 25.7 Å². The van der Waals surface area contributed by atoms with Crippen LogP contribution in [0.25, 0.3) is 0 Å². The SMILES string of the molecule is Cc1cccc(CNC(=O)C2(CN)COC2)c1. The van der Waals surface area contributed by atoms with Crippen LogP contribution >= 0.6 is 0 Å². The summed E-state index contributed by atoms with van der Waals surface area (Å²) in [5.74, 6) is -0.00671. The first kappa shape index (κ1) is 12.1. The lowest BCUT2D eigenvalue weighted by Gasteiger charge is -2.38. The maximum atomic E-state index is 12.0. The monoisotopic (exact) mass is 234 g/mol. The molecule has 1 aliphatic heterocycles.